The Hall–Kier alpha value is -2.67. The van der Waals surface area contributed by atoms with Crippen molar-refractivity contribution in [2.45, 2.75) is 6.92 Å². The van der Waals surface area contributed by atoms with Gasteiger partial charge in [-0.05, 0) is 37.3 Å². The molecule has 1 aliphatic rings. The zero-order valence-corrected chi connectivity index (χ0v) is 15.7. The van der Waals surface area contributed by atoms with Crippen LogP contribution in [0.1, 0.15) is 16.1 Å². The second-order valence-electron chi connectivity index (χ2n) is 6.41. The summed E-state index contributed by atoms with van der Waals surface area (Å²) in [6.07, 6.45) is 1.57. The van der Waals surface area contributed by atoms with E-state index < -0.39 is 0 Å². The molecule has 1 aliphatic heterocycles. The van der Waals surface area contributed by atoms with Crippen LogP contribution in [-0.4, -0.2) is 45.4 Å². The second-order valence-corrected chi connectivity index (χ2v) is 7.64. The Morgan fingerprint density at radius 3 is 2.81 bits per heavy atom. The minimum atomic E-state index is -0.340. The van der Waals surface area contributed by atoms with Crippen LogP contribution in [0.15, 0.2) is 42.6 Å². The van der Waals surface area contributed by atoms with Gasteiger partial charge in [0.1, 0.15) is 5.82 Å². The molecule has 1 fully saturated rings. The zero-order valence-electron chi connectivity index (χ0n) is 14.9. The number of nitrogens with one attached hydrogen (secondary N) is 1. The Balaban J connectivity index is 1.82. The molecule has 27 heavy (non-hydrogen) atoms. The summed E-state index contributed by atoms with van der Waals surface area (Å²) in [4.78, 5) is 23.8. The van der Waals surface area contributed by atoms with E-state index in [-0.39, 0.29) is 11.7 Å². The number of hydrogen-bond acceptors (Lipinski definition) is 5. The Bertz CT molecular complexity index is 1000. The maximum absolute atomic E-state index is 13.6. The lowest BCUT2D eigenvalue weighted by Gasteiger charge is -2.27. The largest absolute Gasteiger partial charge is 0.354 e. The van der Waals surface area contributed by atoms with Crippen LogP contribution >= 0.6 is 11.8 Å². The third-order valence-corrected chi connectivity index (χ3v) is 5.43. The molecule has 2 aromatic heterocycles. The number of aromatic nitrogens is 2. The third kappa shape index (κ3) is 3.73. The number of anilines is 2. The predicted octanol–water partition coefficient (Wildman–Crippen LogP) is 4.01. The van der Waals surface area contributed by atoms with Crippen LogP contribution in [0.25, 0.3) is 11.0 Å². The van der Waals surface area contributed by atoms with Gasteiger partial charge in [0, 0.05) is 47.6 Å². The van der Waals surface area contributed by atoms with Crippen molar-refractivity contribution in [3.8, 4) is 0 Å². The van der Waals surface area contributed by atoms with Gasteiger partial charge >= 0.3 is 0 Å². The number of carbonyl (C=O) groups is 1. The first-order valence-corrected chi connectivity index (χ1v) is 9.93. The molecule has 0 unspecified atom stereocenters. The van der Waals surface area contributed by atoms with Gasteiger partial charge in [-0.1, -0.05) is 6.07 Å². The van der Waals surface area contributed by atoms with Gasteiger partial charge in [0.2, 0.25) is 0 Å². The molecule has 0 spiro atoms. The van der Waals surface area contributed by atoms with Crippen molar-refractivity contribution in [2.24, 2.45) is 0 Å². The monoisotopic (exact) mass is 382 g/mol. The number of aryl methyl sites for hydroxylation is 1. The molecule has 1 saturated heterocycles. The van der Waals surface area contributed by atoms with E-state index in [2.05, 4.69) is 15.3 Å². The average Bonchev–Trinajstić information content (AvgIpc) is 2.68. The molecule has 0 radical (unpaired) electrons. The number of fused-ring (bicyclic) bond motifs is 1. The first kappa shape index (κ1) is 17.7. The van der Waals surface area contributed by atoms with E-state index in [1.165, 1.54) is 12.1 Å². The maximum Gasteiger partial charge on any atom is 0.257 e. The van der Waals surface area contributed by atoms with E-state index in [1.807, 2.05) is 35.7 Å². The van der Waals surface area contributed by atoms with Crippen molar-refractivity contribution in [1.29, 1.82) is 0 Å². The van der Waals surface area contributed by atoms with E-state index in [0.29, 0.717) is 35.7 Å². The summed E-state index contributed by atoms with van der Waals surface area (Å²) in [5, 5.41) is 3.96. The van der Waals surface area contributed by atoms with Crippen LogP contribution in [0.5, 0.6) is 0 Å². The first-order valence-electron chi connectivity index (χ1n) is 8.78. The lowest BCUT2D eigenvalue weighted by molar-refractivity contribution is 0.0773. The van der Waals surface area contributed by atoms with Crippen molar-refractivity contribution in [1.82, 2.24) is 14.9 Å². The molecule has 1 aromatic carbocycles. The Kier molecular flexibility index (Phi) is 4.94. The number of halogens is 1. The van der Waals surface area contributed by atoms with Gasteiger partial charge in [0.25, 0.3) is 5.91 Å². The lowest BCUT2D eigenvalue weighted by Crippen LogP contribution is -2.38. The van der Waals surface area contributed by atoms with Gasteiger partial charge in [-0.3, -0.25) is 4.79 Å². The highest BCUT2D eigenvalue weighted by Crippen LogP contribution is 2.30. The molecule has 0 aliphatic carbocycles. The second kappa shape index (κ2) is 7.52. The van der Waals surface area contributed by atoms with Crippen LogP contribution in [-0.2, 0) is 0 Å². The normalized spacial score (nSPS) is 14.4. The van der Waals surface area contributed by atoms with Crippen molar-refractivity contribution in [3.05, 3.63) is 59.7 Å². The van der Waals surface area contributed by atoms with E-state index >= 15 is 0 Å². The Morgan fingerprint density at radius 1 is 1.22 bits per heavy atom. The summed E-state index contributed by atoms with van der Waals surface area (Å²) in [5.41, 5.74) is 3.07. The number of nitrogens with zero attached hydrogens (tertiary/aromatic N) is 3. The number of pyridine rings is 2. The average molecular weight is 382 g/mol. The smallest absolute Gasteiger partial charge is 0.257 e. The number of carbonyl (C=O) groups excluding carboxylic acids is 1. The minimum absolute atomic E-state index is 0.0656. The van der Waals surface area contributed by atoms with E-state index in [9.17, 15) is 9.18 Å². The standard InChI is InChI=1S/C20H19FN4OS/c1-13-5-6-16-18(24-15-4-2-3-14(21)11-15)17(12-22-19(16)23-13)20(26)25-7-9-27-10-8-25/h2-6,11-12H,7-10H2,1H3,(H,22,23,24). The molecule has 0 bridgehead atoms. The molecule has 1 N–H and O–H groups in total. The summed E-state index contributed by atoms with van der Waals surface area (Å²) < 4.78 is 13.6. The minimum Gasteiger partial charge on any atom is -0.354 e. The summed E-state index contributed by atoms with van der Waals surface area (Å²) in [6, 6.07) is 9.97. The van der Waals surface area contributed by atoms with Crippen molar-refractivity contribution < 1.29 is 9.18 Å². The van der Waals surface area contributed by atoms with E-state index in [0.717, 1.165) is 22.6 Å². The van der Waals surface area contributed by atoms with Crippen LogP contribution < -0.4 is 5.32 Å². The summed E-state index contributed by atoms with van der Waals surface area (Å²) in [7, 11) is 0. The van der Waals surface area contributed by atoms with Gasteiger partial charge in [-0.25, -0.2) is 14.4 Å². The summed E-state index contributed by atoms with van der Waals surface area (Å²) >= 11 is 1.85. The number of thioether (sulfide) groups is 1. The van der Waals surface area contributed by atoms with Gasteiger partial charge in [-0.15, -0.1) is 0 Å². The SMILES string of the molecule is Cc1ccc2c(Nc3cccc(F)c3)c(C(=O)N3CCSCC3)cnc2n1. The Labute approximate surface area is 161 Å². The third-order valence-electron chi connectivity index (χ3n) is 4.49. The molecule has 0 saturated carbocycles. The van der Waals surface area contributed by atoms with Crippen LogP contribution in [0, 0.1) is 12.7 Å². The fourth-order valence-corrected chi connectivity index (χ4v) is 4.02. The van der Waals surface area contributed by atoms with Gasteiger partial charge in [-0.2, -0.15) is 11.8 Å². The number of amides is 1. The fourth-order valence-electron chi connectivity index (χ4n) is 3.12. The highest BCUT2D eigenvalue weighted by Gasteiger charge is 2.23. The van der Waals surface area contributed by atoms with Crippen molar-refractivity contribution in [3.63, 3.8) is 0 Å². The molecule has 3 aromatic rings. The molecule has 138 valence electrons. The van der Waals surface area contributed by atoms with Crippen LogP contribution in [0.2, 0.25) is 0 Å². The van der Waals surface area contributed by atoms with Crippen molar-refractivity contribution in [2.75, 3.05) is 29.9 Å². The highest BCUT2D eigenvalue weighted by atomic mass is 32.2. The predicted molar refractivity (Wildman–Crippen MR) is 107 cm³/mol. The first-order chi connectivity index (χ1) is 13.1. The molecule has 4 rings (SSSR count). The molecule has 1 amide bonds. The molecule has 0 atom stereocenters. The maximum atomic E-state index is 13.6. The quantitative estimate of drug-likeness (QED) is 0.742. The Morgan fingerprint density at radius 2 is 2.04 bits per heavy atom. The number of rotatable bonds is 3. The van der Waals surface area contributed by atoms with E-state index in [1.54, 1.807) is 18.3 Å². The molecular formula is C20H19FN4OS. The van der Waals surface area contributed by atoms with Crippen LogP contribution in [0.3, 0.4) is 0 Å². The zero-order chi connectivity index (χ0) is 18.8. The van der Waals surface area contributed by atoms with Gasteiger partial charge in [0.15, 0.2) is 5.65 Å². The topological polar surface area (TPSA) is 58.1 Å². The summed E-state index contributed by atoms with van der Waals surface area (Å²) in [6.45, 7) is 3.32. The van der Waals surface area contributed by atoms with Gasteiger partial charge in [0.05, 0.1) is 11.3 Å². The number of hydrogen-bond donors (Lipinski definition) is 1. The molecular weight excluding hydrogens is 363 g/mol. The number of benzene rings is 1. The molecule has 3 heterocycles. The lowest BCUT2D eigenvalue weighted by atomic mass is 10.1. The van der Waals surface area contributed by atoms with Crippen molar-refractivity contribution >= 4 is 40.1 Å². The highest BCUT2D eigenvalue weighted by molar-refractivity contribution is 7.99. The molecule has 7 heteroatoms. The summed E-state index contributed by atoms with van der Waals surface area (Å²) in [5.74, 6) is 1.46. The fraction of sp³-hybridized carbons (Fsp3) is 0.250. The van der Waals surface area contributed by atoms with E-state index in [4.69, 9.17) is 0 Å². The van der Waals surface area contributed by atoms with Gasteiger partial charge < -0.3 is 10.2 Å². The van der Waals surface area contributed by atoms with Crippen LogP contribution in [0.4, 0.5) is 15.8 Å². The molecule has 5 nitrogen and oxygen atoms in total.